The largest absolute Gasteiger partial charge is 0.383 e. The summed E-state index contributed by atoms with van der Waals surface area (Å²) in [6.45, 7) is 0.695. The summed E-state index contributed by atoms with van der Waals surface area (Å²) >= 11 is 12.3. The smallest absolute Gasteiger partial charge is 0.256 e. The molecular weight excluding hydrogens is 385 g/mol. The summed E-state index contributed by atoms with van der Waals surface area (Å²) in [5.74, 6) is -0.300. The van der Waals surface area contributed by atoms with E-state index in [-0.39, 0.29) is 5.91 Å². The molecule has 0 bridgehead atoms. The van der Waals surface area contributed by atoms with Crippen molar-refractivity contribution >= 4 is 46.8 Å². The van der Waals surface area contributed by atoms with Crippen molar-refractivity contribution in [3.05, 3.63) is 76.3 Å². The van der Waals surface area contributed by atoms with E-state index in [4.69, 9.17) is 23.2 Å². The molecule has 3 N–H and O–H groups in total. The van der Waals surface area contributed by atoms with Crippen molar-refractivity contribution in [2.45, 2.75) is 6.42 Å². The molecule has 8 heteroatoms. The van der Waals surface area contributed by atoms with Crippen LogP contribution in [0.2, 0.25) is 10.0 Å². The van der Waals surface area contributed by atoms with Gasteiger partial charge in [-0.2, -0.15) is 0 Å². The second kappa shape index (κ2) is 9.21. The number of carbonyl (C=O) groups excluding carboxylic acids is 1. The second-order valence-electron chi connectivity index (χ2n) is 5.63. The molecule has 1 heterocycles. The standard InChI is InChI=1S/C19H17Cl2N5O/c20-14-4-1-3-13(9-14)19(27)26-12-25-17-6-2-5-16(18(17)21)23-8-7-15-10-22-11-24-15/h1-6,9-12,23H,7-8H2,(H,22,24)(H,25,26,27). The van der Waals surface area contributed by atoms with Gasteiger partial charge < -0.3 is 15.6 Å². The van der Waals surface area contributed by atoms with E-state index in [9.17, 15) is 4.79 Å². The number of benzene rings is 2. The molecular formula is C19H17Cl2N5O. The average molecular weight is 402 g/mol. The Morgan fingerprint density at radius 2 is 2.07 bits per heavy atom. The van der Waals surface area contributed by atoms with Crippen molar-refractivity contribution in [1.82, 2.24) is 15.3 Å². The van der Waals surface area contributed by atoms with Crippen LogP contribution < -0.4 is 10.6 Å². The SMILES string of the molecule is O=C(NC=Nc1cccc(NCCc2cnc[nH]2)c1Cl)c1cccc(Cl)c1. The Balaban J connectivity index is 1.59. The third-order valence-corrected chi connectivity index (χ3v) is 4.36. The van der Waals surface area contributed by atoms with Crippen LogP contribution in [0, 0.1) is 0 Å². The minimum atomic E-state index is -0.300. The van der Waals surface area contributed by atoms with Crippen LogP contribution in [0.25, 0.3) is 0 Å². The number of halogens is 2. The minimum Gasteiger partial charge on any atom is -0.383 e. The number of rotatable bonds is 7. The van der Waals surface area contributed by atoms with E-state index in [2.05, 4.69) is 25.6 Å². The van der Waals surface area contributed by atoms with Gasteiger partial charge in [-0.25, -0.2) is 9.98 Å². The summed E-state index contributed by atoms with van der Waals surface area (Å²) in [6, 6.07) is 12.2. The number of aromatic nitrogens is 2. The van der Waals surface area contributed by atoms with Gasteiger partial charge in [-0.1, -0.05) is 35.3 Å². The maximum atomic E-state index is 12.1. The Morgan fingerprint density at radius 1 is 1.22 bits per heavy atom. The normalized spacial score (nSPS) is 10.9. The molecule has 3 aromatic rings. The number of imidazole rings is 1. The Morgan fingerprint density at radius 3 is 2.85 bits per heavy atom. The molecule has 0 fully saturated rings. The molecule has 0 unspecified atom stereocenters. The van der Waals surface area contributed by atoms with Crippen molar-refractivity contribution in [1.29, 1.82) is 0 Å². The highest BCUT2D eigenvalue weighted by Gasteiger charge is 2.06. The quantitative estimate of drug-likeness (QED) is 0.403. The predicted octanol–water partition coefficient (Wildman–Crippen LogP) is 4.46. The van der Waals surface area contributed by atoms with Gasteiger partial charge in [-0.3, -0.25) is 4.79 Å². The molecule has 1 amide bonds. The highest BCUT2D eigenvalue weighted by molar-refractivity contribution is 6.35. The van der Waals surface area contributed by atoms with Crippen molar-refractivity contribution in [2.75, 3.05) is 11.9 Å². The number of aliphatic imine (C=N–C) groups is 1. The van der Waals surface area contributed by atoms with E-state index in [1.807, 2.05) is 12.1 Å². The van der Waals surface area contributed by atoms with Gasteiger partial charge in [0.25, 0.3) is 5.91 Å². The van der Waals surface area contributed by atoms with E-state index < -0.39 is 0 Å². The van der Waals surface area contributed by atoms with Gasteiger partial charge in [-0.15, -0.1) is 0 Å². The van der Waals surface area contributed by atoms with Gasteiger partial charge in [0.2, 0.25) is 0 Å². The second-order valence-corrected chi connectivity index (χ2v) is 6.45. The Kier molecular flexibility index (Phi) is 6.46. The summed E-state index contributed by atoms with van der Waals surface area (Å²) < 4.78 is 0. The van der Waals surface area contributed by atoms with Gasteiger partial charge in [0, 0.05) is 35.4 Å². The number of nitrogens with zero attached hydrogens (tertiary/aromatic N) is 2. The van der Waals surface area contributed by atoms with Crippen molar-refractivity contribution < 1.29 is 4.79 Å². The summed E-state index contributed by atoms with van der Waals surface area (Å²) in [5, 5.41) is 6.85. The molecule has 27 heavy (non-hydrogen) atoms. The monoisotopic (exact) mass is 401 g/mol. The highest BCUT2D eigenvalue weighted by Crippen LogP contribution is 2.31. The molecule has 0 atom stereocenters. The topological polar surface area (TPSA) is 82.2 Å². The summed E-state index contributed by atoms with van der Waals surface area (Å²) in [5.41, 5.74) is 2.81. The van der Waals surface area contributed by atoms with Crippen LogP contribution in [0.5, 0.6) is 0 Å². The van der Waals surface area contributed by atoms with Crippen LogP contribution in [0.15, 0.2) is 60.0 Å². The molecule has 0 saturated heterocycles. The summed E-state index contributed by atoms with van der Waals surface area (Å²) in [6.07, 6.45) is 5.54. The number of nitrogens with one attached hydrogen (secondary N) is 3. The molecule has 0 saturated carbocycles. The summed E-state index contributed by atoms with van der Waals surface area (Å²) in [7, 11) is 0. The molecule has 0 aliphatic heterocycles. The molecule has 6 nitrogen and oxygen atoms in total. The highest BCUT2D eigenvalue weighted by atomic mass is 35.5. The van der Waals surface area contributed by atoms with Crippen molar-refractivity contribution in [3.8, 4) is 0 Å². The molecule has 1 aromatic heterocycles. The Bertz CT molecular complexity index is 941. The predicted molar refractivity (Wildman–Crippen MR) is 109 cm³/mol. The number of carbonyl (C=O) groups is 1. The van der Waals surface area contributed by atoms with Crippen LogP contribution in [0.1, 0.15) is 16.1 Å². The van der Waals surface area contributed by atoms with Crippen LogP contribution in [-0.4, -0.2) is 28.8 Å². The Labute approximate surface area is 166 Å². The van der Waals surface area contributed by atoms with E-state index >= 15 is 0 Å². The van der Waals surface area contributed by atoms with Gasteiger partial charge in [0.15, 0.2) is 0 Å². The zero-order valence-electron chi connectivity index (χ0n) is 14.2. The summed E-state index contributed by atoms with van der Waals surface area (Å²) in [4.78, 5) is 23.3. The van der Waals surface area contributed by atoms with E-state index in [1.54, 1.807) is 42.9 Å². The molecule has 3 rings (SSSR count). The van der Waals surface area contributed by atoms with E-state index in [0.29, 0.717) is 27.8 Å². The fourth-order valence-corrected chi connectivity index (χ4v) is 2.81. The lowest BCUT2D eigenvalue weighted by molar-refractivity contribution is 0.0978. The molecule has 0 aliphatic rings. The van der Waals surface area contributed by atoms with E-state index in [1.165, 1.54) is 6.34 Å². The van der Waals surface area contributed by atoms with Crippen LogP contribution in [0.3, 0.4) is 0 Å². The molecule has 2 aromatic carbocycles. The first kappa shape index (κ1) is 18.9. The van der Waals surface area contributed by atoms with E-state index in [0.717, 1.165) is 17.8 Å². The van der Waals surface area contributed by atoms with Gasteiger partial charge in [0.05, 0.1) is 29.1 Å². The Hall–Kier alpha value is -2.83. The van der Waals surface area contributed by atoms with Crippen molar-refractivity contribution in [3.63, 3.8) is 0 Å². The van der Waals surface area contributed by atoms with Crippen LogP contribution in [0.4, 0.5) is 11.4 Å². The lowest BCUT2D eigenvalue weighted by Gasteiger charge is -2.09. The van der Waals surface area contributed by atoms with Gasteiger partial charge in [0.1, 0.15) is 0 Å². The number of hydrogen-bond acceptors (Lipinski definition) is 4. The lowest BCUT2D eigenvalue weighted by Crippen LogP contribution is -2.21. The number of anilines is 1. The molecule has 0 radical (unpaired) electrons. The van der Waals surface area contributed by atoms with Gasteiger partial charge in [-0.05, 0) is 30.3 Å². The maximum absolute atomic E-state index is 12.1. The zero-order valence-corrected chi connectivity index (χ0v) is 15.8. The molecule has 0 aliphatic carbocycles. The third-order valence-electron chi connectivity index (χ3n) is 3.73. The average Bonchev–Trinajstić information content (AvgIpc) is 3.18. The number of aromatic amines is 1. The number of hydrogen-bond donors (Lipinski definition) is 3. The number of H-pyrrole nitrogens is 1. The fraction of sp³-hybridized carbons (Fsp3) is 0.105. The van der Waals surface area contributed by atoms with Crippen LogP contribution in [-0.2, 0) is 6.42 Å². The van der Waals surface area contributed by atoms with Gasteiger partial charge >= 0.3 is 0 Å². The maximum Gasteiger partial charge on any atom is 0.256 e. The minimum absolute atomic E-state index is 0.300. The lowest BCUT2D eigenvalue weighted by atomic mass is 10.2. The zero-order chi connectivity index (χ0) is 19.1. The fourth-order valence-electron chi connectivity index (χ4n) is 2.38. The van der Waals surface area contributed by atoms with Crippen LogP contribution >= 0.6 is 23.2 Å². The first-order valence-corrected chi connectivity index (χ1v) is 8.97. The molecule has 0 spiro atoms. The first-order valence-electron chi connectivity index (χ1n) is 8.22. The third kappa shape index (κ3) is 5.32. The first-order chi connectivity index (χ1) is 13.1. The van der Waals surface area contributed by atoms with Crippen molar-refractivity contribution in [2.24, 2.45) is 4.99 Å². The molecule has 138 valence electrons. The number of amides is 1.